The Bertz CT molecular complexity index is 726. The SMILES string of the molecule is CC[C@@H](C)c1ccc([C@H]([NH2+]CC(=O)NCC(=O)N(C)C)c2cccs2)cc1. The van der Waals surface area contributed by atoms with Crippen LogP contribution in [0.2, 0.25) is 0 Å². The number of amides is 2. The average molecular weight is 389 g/mol. The zero-order chi connectivity index (χ0) is 19.8. The van der Waals surface area contributed by atoms with Crippen molar-refractivity contribution in [2.75, 3.05) is 27.2 Å². The molecule has 0 unspecified atom stereocenters. The normalized spacial score (nSPS) is 13.0. The van der Waals surface area contributed by atoms with Gasteiger partial charge in [-0.3, -0.25) is 9.59 Å². The van der Waals surface area contributed by atoms with Gasteiger partial charge in [0.2, 0.25) is 5.91 Å². The van der Waals surface area contributed by atoms with Crippen molar-refractivity contribution in [3.63, 3.8) is 0 Å². The minimum atomic E-state index is -0.136. The molecule has 0 saturated carbocycles. The third-order valence-corrected chi connectivity index (χ3v) is 5.76. The lowest BCUT2D eigenvalue weighted by Gasteiger charge is -2.16. The maximum absolute atomic E-state index is 12.1. The van der Waals surface area contributed by atoms with Crippen molar-refractivity contribution in [1.82, 2.24) is 10.2 Å². The quantitative estimate of drug-likeness (QED) is 0.691. The molecule has 0 fully saturated rings. The summed E-state index contributed by atoms with van der Waals surface area (Å²) in [5.41, 5.74) is 2.52. The van der Waals surface area contributed by atoms with Gasteiger partial charge >= 0.3 is 0 Å². The molecule has 2 aromatic rings. The molecule has 6 heteroatoms. The predicted octanol–water partition coefficient (Wildman–Crippen LogP) is 2.12. The number of carbonyl (C=O) groups is 2. The number of nitrogens with one attached hydrogen (secondary N) is 1. The second-order valence-electron chi connectivity index (χ2n) is 6.97. The Morgan fingerprint density at radius 2 is 1.81 bits per heavy atom. The number of nitrogens with two attached hydrogens (primary N) is 1. The minimum Gasteiger partial charge on any atom is -0.347 e. The number of benzene rings is 1. The predicted molar refractivity (Wildman–Crippen MR) is 110 cm³/mol. The molecule has 27 heavy (non-hydrogen) atoms. The van der Waals surface area contributed by atoms with Crippen LogP contribution in [-0.4, -0.2) is 43.9 Å². The van der Waals surface area contributed by atoms with Crippen molar-refractivity contribution in [3.05, 3.63) is 57.8 Å². The van der Waals surface area contributed by atoms with Gasteiger partial charge in [-0.15, -0.1) is 11.3 Å². The molecule has 1 aromatic heterocycles. The van der Waals surface area contributed by atoms with E-state index in [2.05, 4.69) is 54.9 Å². The molecular weight excluding hydrogens is 358 g/mol. The standard InChI is InChI=1S/C21H29N3O2S/c1-5-15(2)16-8-10-17(11-9-16)21(18-7-6-12-27-18)23-13-19(25)22-14-20(26)24(3)4/h6-12,15,21,23H,5,13-14H2,1-4H3,(H,22,25)/p+1/t15-,21+/m1/s1. The summed E-state index contributed by atoms with van der Waals surface area (Å²) in [5.74, 6) is 0.296. The van der Waals surface area contributed by atoms with Crippen molar-refractivity contribution >= 4 is 23.2 Å². The van der Waals surface area contributed by atoms with Crippen LogP contribution < -0.4 is 10.6 Å². The molecule has 0 saturated heterocycles. The Morgan fingerprint density at radius 3 is 2.37 bits per heavy atom. The summed E-state index contributed by atoms with van der Waals surface area (Å²) in [4.78, 5) is 26.4. The molecule has 2 rings (SSSR count). The second kappa shape index (κ2) is 10.2. The highest BCUT2D eigenvalue weighted by molar-refractivity contribution is 7.10. The Morgan fingerprint density at radius 1 is 1.15 bits per heavy atom. The summed E-state index contributed by atoms with van der Waals surface area (Å²) in [6.07, 6.45) is 1.12. The molecule has 2 atom stereocenters. The van der Waals surface area contributed by atoms with E-state index in [4.69, 9.17) is 0 Å². The molecule has 146 valence electrons. The maximum Gasteiger partial charge on any atom is 0.275 e. The van der Waals surface area contributed by atoms with Crippen LogP contribution in [0.3, 0.4) is 0 Å². The van der Waals surface area contributed by atoms with Crippen LogP contribution in [0.5, 0.6) is 0 Å². The lowest BCUT2D eigenvalue weighted by atomic mass is 9.95. The molecule has 2 amide bonds. The number of carbonyl (C=O) groups excluding carboxylic acids is 2. The summed E-state index contributed by atoms with van der Waals surface area (Å²) in [7, 11) is 3.35. The van der Waals surface area contributed by atoms with Crippen LogP contribution in [0.4, 0.5) is 0 Å². The van der Waals surface area contributed by atoms with Gasteiger partial charge in [0.05, 0.1) is 11.4 Å². The Labute approximate surface area is 165 Å². The topological polar surface area (TPSA) is 66.0 Å². The minimum absolute atomic E-state index is 0.0347. The van der Waals surface area contributed by atoms with Gasteiger partial charge in [0, 0.05) is 19.7 Å². The molecule has 1 heterocycles. The molecule has 1 aromatic carbocycles. The molecule has 0 aliphatic rings. The highest BCUT2D eigenvalue weighted by Crippen LogP contribution is 2.25. The Balaban J connectivity index is 2.03. The van der Waals surface area contributed by atoms with Crippen LogP contribution in [0.25, 0.3) is 0 Å². The van der Waals surface area contributed by atoms with Crippen LogP contribution in [0.15, 0.2) is 41.8 Å². The summed E-state index contributed by atoms with van der Waals surface area (Å²) < 4.78 is 0. The summed E-state index contributed by atoms with van der Waals surface area (Å²) in [6.45, 7) is 4.74. The first-order valence-corrected chi connectivity index (χ1v) is 10.2. The molecule has 0 aliphatic heterocycles. The van der Waals surface area contributed by atoms with E-state index >= 15 is 0 Å². The second-order valence-corrected chi connectivity index (χ2v) is 7.95. The number of thiophene rings is 1. The van der Waals surface area contributed by atoms with E-state index in [0.717, 1.165) is 6.42 Å². The van der Waals surface area contributed by atoms with Gasteiger partial charge < -0.3 is 15.5 Å². The van der Waals surface area contributed by atoms with Gasteiger partial charge in [0.25, 0.3) is 5.91 Å². The van der Waals surface area contributed by atoms with Crippen molar-refractivity contribution in [2.45, 2.75) is 32.2 Å². The fourth-order valence-corrected chi connectivity index (χ4v) is 3.63. The van der Waals surface area contributed by atoms with Gasteiger partial charge in [-0.2, -0.15) is 0 Å². The van der Waals surface area contributed by atoms with Gasteiger partial charge in [0.15, 0.2) is 6.54 Å². The molecule has 3 N–H and O–H groups in total. The van der Waals surface area contributed by atoms with Crippen LogP contribution in [-0.2, 0) is 9.59 Å². The number of quaternary nitrogens is 1. The Kier molecular flexibility index (Phi) is 8.00. The Hall–Kier alpha value is -2.18. The molecule has 0 aliphatic carbocycles. The third-order valence-electron chi connectivity index (χ3n) is 4.80. The molecular formula is C21H30N3O2S+. The molecule has 0 bridgehead atoms. The van der Waals surface area contributed by atoms with Gasteiger partial charge in [-0.25, -0.2) is 0 Å². The van der Waals surface area contributed by atoms with Crippen molar-refractivity contribution in [1.29, 1.82) is 0 Å². The molecule has 0 spiro atoms. The number of hydrogen-bond donors (Lipinski definition) is 2. The highest BCUT2D eigenvalue weighted by atomic mass is 32.1. The average Bonchev–Trinajstić information content (AvgIpc) is 3.20. The van der Waals surface area contributed by atoms with Crippen molar-refractivity contribution < 1.29 is 14.9 Å². The van der Waals surface area contributed by atoms with Crippen LogP contribution >= 0.6 is 11.3 Å². The highest BCUT2D eigenvalue weighted by Gasteiger charge is 2.20. The zero-order valence-corrected chi connectivity index (χ0v) is 17.4. The van der Waals surface area contributed by atoms with Crippen molar-refractivity contribution in [2.24, 2.45) is 0 Å². The lowest BCUT2D eigenvalue weighted by molar-refractivity contribution is -0.676. The fourth-order valence-electron chi connectivity index (χ4n) is 2.78. The first-order valence-electron chi connectivity index (χ1n) is 9.35. The first kappa shape index (κ1) is 21.1. The van der Waals surface area contributed by atoms with E-state index in [1.807, 2.05) is 11.4 Å². The smallest absolute Gasteiger partial charge is 0.275 e. The number of hydrogen-bond acceptors (Lipinski definition) is 3. The summed E-state index contributed by atoms with van der Waals surface area (Å²) >= 11 is 1.69. The zero-order valence-electron chi connectivity index (χ0n) is 16.6. The molecule has 5 nitrogen and oxygen atoms in total. The van der Waals surface area contributed by atoms with E-state index in [9.17, 15) is 9.59 Å². The monoisotopic (exact) mass is 388 g/mol. The van der Waals surface area contributed by atoms with Crippen molar-refractivity contribution in [3.8, 4) is 0 Å². The van der Waals surface area contributed by atoms with Gasteiger partial charge in [0.1, 0.15) is 6.04 Å². The van der Waals surface area contributed by atoms with Gasteiger partial charge in [-0.05, 0) is 29.3 Å². The largest absolute Gasteiger partial charge is 0.347 e. The van der Waals surface area contributed by atoms with Gasteiger partial charge in [-0.1, -0.05) is 44.2 Å². The number of nitrogens with zero attached hydrogens (tertiary/aromatic N) is 1. The number of rotatable bonds is 9. The summed E-state index contributed by atoms with van der Waals surface area (Å²) in [5, 5.41) is 6.77. The third kappa shape index (κ3) is 6.19. The summed E-state index contributed by atoms with van der Waals surface area (Å²) in [6, 6.07) is 12.9. The fraction of sp³-hybridized carbons (Fsp3) is 0.429. The maximum atomic E-state index is 12.1. The van der Waals surface area contributed by atoms with Crippen LogP contribution in [0, 0.1) is 0 Å². The molecule has 0 radical (unpaired) electrons. The van der Waals surface area contributed by atoms with E-state index in [1.54, 1.807) is 25.4 Å². The van der Waals surface area contributed by atoms with E-state index < -0.39 is 0 Å². The van der Waals surface area contributed by atoms with E-state index in [-0.39, 0.29) is 30.9 Å². The van der Waals surface area contributed by atoms with E-state index in [0.29, 0.717) is 5.92 Å². The van der Waals surface area contributed by atoms with E-state index in [1.165, 1.54) is 20.9 Å². The lowest BCUT2D eigenvalue weighted by Crippen LogP contribution is -2.87. The first-order chi connectivity index (χ1) is 12.9. The number of likely N-dealkylation sites (N-methyl/N-ethyl adjacent to an activating group) is 1. The van der Waals surface area contributed by atoms with Crippen LogP contribution in [0.1, 0.15) is 48.2 Å².